The van der Waals surface area contributed by atoms with Crippen molar-refractivity contribution in [1.29, 1.82) is 0 Å². The van der Waals surface area contributed by atoms with E-state index in [1.54, 1.807) is 25.3 Å². The number of nitrogens with two attached hydrogens (primary N) is 1. The summed E-state index contributed by atoms with van der Waals surface area (Å²) in [6.07, 6.45) is -0.506. The Morgan fingerprint density at radius 3 is 2.62 bits per heavy atom. The van der Waals surface area contributed by atoms with Crippen molar-refractivity contribution in [2.45, 2.75) is 6.23 Å². The molecule has 0 saturated heterocycles. The van der Waals surface area contributed by atoms with Crippen LogP contribution in [0.25, 0.3) is 0 Å². The number of halogens is 1. The zero-order valence-electron chi connectivity index (χ0n) is 7.58. The Bertz CT molecular complexity index is 291. The summed E-state index contributed by atoms with van der Waals surface area (Å²) in [6, 6.07) is 5.23. The average molecular weight is 202 g/mol. The fraction of sp³-hybridized carbons (Fsp3) is 0.333. The van der Waals surface area contributed by atoms with Crippen LogP contribution in [-0.4, -0.2) is 14.2 Å². The Kier molecular flexibility index (Phi) is 3.54. The second-order valence-corrected chi connectivity index (χ2v) is 2.98. The van der Waals surface area contributed by atoms with Crippen LogP contribution in [0.2, 0.25) is 5.02 Å². The molecule has 0 saturated carbocycles. The number of rotatable bonds is 3. The van der Waals surface area contributed by atoms with E-state index in [9.17, 15) is 0 Å². The van der Waals surface area contributed by atoms with Crippen LogP contribution in [0.5, 0.6) is 5.75 Å². The van der Waals surface area contributed by atoms with Crippen molar-refractivity contribution < 1.29 is 9.47 Å². The van der Waals surface area contributed by atoms with Crippen molar-refractivity contribution in [1.82, 2.24) is 0 Å². The Labute approximate surface area is 82.4 Å². The van der Waals surface area contributed by atoms with Crippen LogP contribution in [0, 0.1) is 0 Å². The molecule has 0 radical (unpaired) electrons. The molecular weight excluding hydrogens is 190 g/mol. The SMILES string of the molecule is COc1ccc(Cl)cc1C(N)OC. The largest absolute Gasteiger partial charge is 0.496 e. The molecule has 1 rings (SSSR count). The summed E-state index contributed by atoms with van der Waals surface area (Å²) in [5.41, 5.74) is 6.43. The molecule has 72 valence electrons. The molecule has 13 heavy (non-hydrogen) atoms. The summed E-state index contributed by atoms with van der Waals surface area (Å²) in [6.45, 7) is 0. The van der Waals surface area contributed by atoms with Crippen molar-refractivity contribution in [2.24, 2.45) is 5.73 Å². The average Bonchev–Trinajstić information content (AvgIpc) is 2.16. The normalized spacial score (nSPS) is 12.6. The van der Waals surface area contributed by atoms with Crippen molar-refractivity contribution >= 4 is 11.6 Å². The number of benzene rings is 1. The summed E-state index contributed by atoms with van der Waals surface area (Å²) in [4.78, 5) is 0. The van der Waals surface area contributed by atoms with E-state index in [1.165, 1.54) is 7.11 Å². The lowest BCUT2D eigenvalue weighted by molar-refractivity contribution is 0.107. The molecule has 0 aliphatic heterocycles. The van der Waals surface area contributed by atoms with E-state index in [0.717, 1.165) is 5.56 Å². The fourth-order valence-electron chi connectivity index (χ4n) is 1.05. The molecule has 0 spiro atoms. The van der Waals surface area contributed by atoms with Crippen LogP contribution < -0.4 is 10.5 Å². The molecule has 0 bridgehead atoms. The molecule has 0 aliphatic carbocycles. The van der Waals surface area contributed by atoms with Gasteiger partial charge in [-0.1, -0.05) is 11.6 Å². The van der Waals surface area contributed by atoms with Gasteiger partial charge < -0.3 is 15.2 Å². The molecule has 0 amide bonds. The first-order valence-electron chi connectivity index (χ1n) is 3.81. The first-order valence-corrected chi connectivity index (χ1v) is 4.18. The van der Waals surface area contributed by atoms with Crippen molar-refractivity contribution in [3.8, 4) is 5.75 Å². The summed E-state index contributed by atoms with van der Waals surface area (Å²) >= 11 is 5.81. The van der Waals surface area contributed by atoms with Crippen LogP contribution >= 0.6 is 11.6 Å². The predicted molar refractivity (Wildman–Crippen MR) is 51.9 cm³/mol. The van der Waals surface area contributed by atoms with Crippen molar-refractivity contribution in [3.63, 3.8) is 0 Å². The lowest BCUT2D eigenvalue weighted by Crippen LogP contribution is -2.13. The highest BCUT2D eigenvalue weighted by Crippen LogP contribution is 2.27. The molecule has 0 aromatic heterocycles. The van der Waals surface area contributed by atoms with Crippen molar-refractivity contribution in [2.75, 3.05) is 14.2 Å². The van der Waals surface area contributed by atoms with Crippen LogP contribution in [-0.2, 0) is 4.74 Å². The Morgan fingerprint density at radius 2 is 2.08 bits per heavy atom. The Morgan fingerprint density at radius 1 is 1.38 bits per heavy atom. The number of methoxy groups -OCH3 is 2. The first kappa shape index (κ1) is 10.3. The zero-order chi connectivity index (χ0) is 9.84. The molecule has 2 N–H and O–H groups in total. The molecule has 3 nitrogen and oxygen atoms in total. The van der Waals surface area contributed by atoms with E-state index in [2.05, 4.69) is 0 Å². The highest BCUT2D eigenvalue weighted by Gasteiger charge is 2.10. The minimum Gasteiger partial charge on any atom is -0.496 e. The van der Waals surface area contributed by atoms with E-state index >= 15 is 0 Å². The van der Waals surface area contributed by atoms with Gasteiger partial charge in [0.2, 0.25) is 0 Å². The van der Waals surface area contributed by atoms with Gasteiger partial charge in [-0.2, -0.15) is 0 Å². The lowest BCUT2D eigenvalue weighted by atomic mass is 10.2. The first-order chi connectivity index (χ1) is 6.19. The number of ether oxygens (including phenoxy) is 2. The van der Waals surface area contributed by atoms with Gasteiger partial charge in [0, 0.05) is 17.7 Å². The van der Waals surface area contributed by atoms with Crippen LogP contribution in [0.15, 0.2) is 18.2 Å². The minimum absolute atomic E-state index is 0.506. The van der Waals surface area contributed by atoms with Gasteiger partial charge in [0.25, 0.3) is 0 Å². The van der Waals surface area contributed by atoms with Crippen LogP contribution in [0.3, 0.4) is 0 Å². The van der Waals surface area contributed by atoms with E-state index in [0.29, 0.717) is 10.8 Å². The minimum atomic E-state index is -0.506. The van der Waals surface area contributed by atoms with Gasteiger partial charge in [0.05, 0.1) is 7.11 Å². The fourth-order valence-corrected chi connectivity index (χ4v) is 1.24. The highest BCUT2D eigenvalue weighted by molar-refractivity contribution is 6.30. The van der Waals surface area contributed by atoms with Crippen LogP contribution in [0.1, 0.15) is 11.8 Å². The third kappa shape index (κ3) is 2.34. The molecule has 1 aromatic carbocycles. The van der Waals surface area contributed by atoms with Gasteiger partial charge in [0.15, 0.2) is 0 Å². The molecule has 1 aromatic rings. The summed E-state index contributed by atoms with van der Waals surface area (Å²) in [5, 5.41) is 0.614. The smallest absolute Gasteiger partial charge is 0.135 e. The summed E-state index contributed by atoms with van der Waals surface area (Å²) in [5.74, 6) is 0.679. The molecular formula is C9H12ClNO2. The van der Waals surface area contributed by atoms with E-state index < -0.39 is 6.23 Å². The number of hydrogen-bond donors (Lipinski definition) is 1. The van der Waals surface area contributed by atoms with E-state index in [-0.39, 0.29) is 0 Å². The van der Waals surface area contributed by atoms with E-state index in [1.807, 2.05) is 0 Å². The zero-order valence-corrected chi connectivity index (χ0v) is 8.34. The van der Waals surface area contributed by atoms with E-state index in [4.69, 9.17) is 26.8 Å². The molecule has 4 heteroatoms. The topological polar surface area (TPSA) is 44.5 Å². The molecule has 0 heterocycles. The Hall–Kier alpha value is -0.770. The maximum atomic E-state index is 5.81. The number of hydrogen-bond acceptors (Lipinski definition) is 3. The second kappa shape index (κ2) is 4.46. The maximum absolute atomic E-state index is 5.81. The summed E-state index contributed by atoms with van der Waals surface area (Å²) in [7, 11) is 3.11. The Balaban J connectivity index is 3.07. The molecule has 0 fully saturated rings. The standard InChI is InChI=1S/C9H12ClNO2/c1-12-8-4-3-6(10)5-7(8)9(11)13-2/h3-5,9H,11H2,1-2H3. The van der Waals surface area contributed by atoms with Gasteiger partial charge in [-0.25, -0.2) is 0 Å². The third-order valence-corrected chi connectivity index (χ3v) is 1.99. The molecule has 1 atom stereocenters. The van der Waals surface area contributed by atoms with Gasteiger partial charge in [-0.15, -0.1) is 0 Å². The molecule has 0 aliphatic rings. The van der Waals surface area contributed by atoms with Gasteiger partial charge in [0.1, 0.15) is 12.0 Å². The predicted octanol–water partition coefficient (Wildman–Crippen LogP) is 1.95. The van der Waals surface area contributed by atoms with Gasteiger partial charge >= 0.3 is 0 Å². The van der Waals surface area contributed by atoms with Crippen molar-refractivity contribution in [3.05, 3.63) is 28.8 Å². The highest BCUT2D eigenvalue weighted by atomic mass is 35.5. The van der Waals surface area contributed by atoms with Gasteiger partial charge in [-0.3, -0.25) is 0 Å². The monoisotopic (exact) mass is 201 g/mol. The quantitative estimate of drug-likeness (QED) is 0.761. The van der Waals surface area contributed by atoms with Gasteiger partial charge in [-0.05, 0) is 18.2 Å². The maximum Gasteiger partial charge on any atom is 0.135 e. The third-order valence-electron chi connectivity index (χ3n) is 1.75. The molecule has 1 unspecified atom stereocenters. The summed E-state index contributed by atoms with van der Waals surface area (Å²) < 4.78 is 10.1. The lowest BCUT2D eigenvalue weighted by Gasteiger charge is -2.14. The second-order valence-electron chi connectivity index (χ2n) is 2.54. The van der Waals surface area contributed by atoms with Crippen LogP contribution in [0.4, 0.5) is 0 Å².